The summed E-state index contributed by atoms with van der Waals surface area (Å²) in [5, 5.41) is 7.42. The molecule has 0 aliphatic carbocycles. The van der Waals surface area contributed by atoms with Gasteiger partial charge < -0.3 is 5.32 Å². The minimum atomic E-state index is -0.452. The number of carbonyl (C=O) groups is 2. The lowest BCUT2D eigenvalue weighted by molar-refractivity contribution is -0.123. The van der Waals surface area contributed by atoms with Gasteiger partial charge in [0.15, 0.2) is 0 Å². The highest BCUT2D eigenvalue weighted by Gasteiger charge is 2.37. The molecule has 0 unspecified atom stereocenters. The zero-order valence-electron chi connectivity index (χ0n) is 21.6. The Morgan fingerprint density at radius 3 is 2.49 bits per heavy atom. The average Bonchev–Trinajstić information content (AvgIpc) is 3.26. The molecule has 1 N–H and O–H groups in total. The number of hydrogen-bond acceptors (Lipinski definition) is 4. The van der Waals surface area contributed by atoms with Gasteiger partial charge in [0.25, 0.3) is 0 Å². The lowest BCUT2D eigenvalue weighted by atomic mass is 9.99. The molecule has 0 saturated carbocycles. The van der Waals surface area contributed by atoms with Crippen LogP contribution in [0, 0.1) is 11.6 Å². The Morgan fingerprint density at radius 1 is 1.05 bits per heavy atom. The third kappa shape index (κ3) is 5.59. The molecule has 39 heavy (non-hydrogen) atoms. The molecule has 0 spiro atoms. The lowest BCUT2D eigenvalue weighted by Gasteiger charge is -2.24. The first-order valence-electron chi connectivity index (χ1n) is 12.8. The fourth-order valence-electron chi connectivity index (χ4n) is 4.59. The molecule has 0 saturated heterocycles. The molecule has 4 aromatic rings. The fourth-order valence-corrected chi connectivity index (χ4v) is 5.78. The SMILES string of the molecule is CC[C@@H](C)NC(=O)CN1C(=O)CS[C@@H](c2cccc(F)c2)c2c(-c3ccccc3)nn(-c3ccc(F)cc3)c21. The van der Waals surface area contributed by atoms with Gasteiger partial charge in [-0.2, -0.15) is 5.10 Å². The standard InChI is InChI=1S/C30H28F2N4O2S/c1-3-19(2)33-25(37)17-35-26(38)18-39-29(21-10-7-11-23(32)16-21)27-28(20-8-5-4-6-9-20)34-36(30(27)35)24-14-12-22(31)13-15-24/h4-16,19,29H,3,17-18H2,1-2H3,(H,33,37)/t19-,29+/m1/s1. The van der Waals surface area contributed by atoms with Crippen LogP contribution in [0.4, 0.5) is 14.6 Å². The monoisotopic (exact) mass is 546 g/mol. The number of halogens is 2. The van der Waals surface area contributed by atoms with Crippen LogP contribution >= 0.6 is 11.8 Å². The molecule has 2 atom stereocenters. The van der Waals surface area contributed by atoms with Gasteiger partial charge in [0.2, 0.25) is 11.8 Å². The van der Waals surface area contributed by atoms with Gasteiger partial charge in [-0.25, -0.2) is 13.5 Å². The maximum absolute atomic E-state index is 14.4. The predicted octanol–water partition coefficient (Wildman–Crippen LogP) is 5.90. The van der Waals surface area contributed by atoms with E-state index in [2.05, 4.69) is 5.32 Å². The maximum Gasteiger partial charge on any atom is 0.240 e. The summed E-state index contributed by atoms with van der Waals surface area (Å²) in [7, 11) is 0. The number of hydrogen-bond donors (Lipinski definition) is 1. The summed E-state index contributed by atoms with van der Waals surface area (Å²) in [6.07, 6.45) is 0.744. The largest absolute Gasteiger partial charge is 0.352 e. The zero-order valence-corrected chi connectivity index (χ0v) is 22.4. The molecular weight excluding hydrogens is 518 g/mol. The van der Waals surface area contributed by atoms with Crippen LogP contribution in [-0.4, -0.2) is 39.9 Å². The first-order chi connectivity index (χ1) is 18.9. The molecule has 1 aromatic heterocycles. The van der Waals surface area contributed by atoms with Crippen LogP contribution in [0.15, 0.2) is 78.9 Å². The Kier molecular flexibility index (Phi) is 7.79. The number of carbonyl (C=O) groups excluding carboxylic acids is 2. The van der Waals surface area contributed by atoms with Crippen LogP contribution < -0.4 is 10.2 Å². The molecule has 0 radical (unpaired) electrons. The van der Waals surface area contributed by atoms with Crippen LogP contribution in [0.5, 0.6) is 0 Å². The number of anilines is 1. The quantitative estimate of drug-likeness (QED) is 0.313. The third-order valence-electron chi connectivity index (χ3n) is 6.68. The van der Waals surface area contributed by atoms with Crippen molar-refractivity contribution in [3.8, 4) is 16.9 Å². The highest BCUT2D eigenvalue weighted by molar-refractivity contribution is 8.00. The first kappa shape index (κ1) is 26.6. The van der Waals surface area contributed by atoms with E-state index in [0.29, 0.717) is 28.3 Å². The van der Waals surface area contributed by atoms with E-state index in [0.717, 1.165) is 12.0 Å². The van der Waals surface area contributed by atoms with E-state index in [-0.39, 0.29) is 36.0 Å². The summed E-state index contributed by atoms with van der Waals surface area (Å²) < 4.78 is 29.9. The van der Waals surface area contributed by atoms with Crippen molar-refractivity contribution in [2.75, 3.05) is 17.2 Å². The summed E-state index contributed by atoms with van der Waals surface area (Å²) in [6.45, 7) is 3.66. The summed E-state index contributed by atoms with van der Waals surface area (Å²) >= 11 is 1.36. The van der Waals surface area contributed by atoms with Gasteiger partial charge in [-0.05, 0) is 55.3 Å². The maximum atomic E-state index is 14.4. The minimum Gasteiger partial charge on any atom is -0.352 e. The average molecular weight is 547 g/mol. The van der Waals surface area contributed by atoms with E-state index in [1.165, 1.54) is 40.9 Å². The van der Waals surface area contributed by atoms with Gasteiger partial charge in [0.1, 0.15) is 24.0 Å². The second-order valence-corrected chi connectivity index (χ2v) is 10.5. The fraction of sp³-hybridized carbons (Fsp3) is 0.233. The van der Waals surface area contributed by atoms with Gasteiger partial charge in [0, 0.05) is 17.2 Å². The number of nitrogens with zero attached hydrogens (tertiary/aromatic N) is 3. The number of benzene rings is 3. The second kappa shape index (κ2) is 11.4. The van der Waals surface area contributed by atoms with Crippen molar-refractivity contribution in [3.05, 3.63) is 102 Å². The minimum absolute atomic E-state index is 0.0599. The Labute approximate surface area is 230 Å². The molecular formula is C30H28F2N4O2S. The van der Waals surface area contributed by atoms with Gasteiger partial charge in [-0.1, -0.05) is 49.4 Å². The zero-order chi connectivity index (χ0) is 27.5. The molecule has 1 aliphatic rings. The highest BCUT2D eigenvalue weighted by Crippen LogP contribution is 2.48. The van der Waals surface area contributed by atoms with Crippen LogP contribution in [0.2, 0.25) is 0 Å². The first-order valence-corrected chi connectivity index (χ1v) is 13.8. The third-order valence-corrected chi connectivity index (χ3v) is 7.94. The van der Waals surface area contributed by atoms with Crippen LogP contribution in [-0.2, 0) is 9.59 Å². The van der Waals surface area contributed by atoms with Crippen molar-refractivity contribution in [1.29, 1.82) is 0 Å². The molecule has 6 nitrogen and oxygen atoms in total. The number of amides is 2. The van der Waals surface area contributed by atoms with Crippen molar-refractivity contribution in [1.82, 2.24) is 15.1 Å². The molecule has 5 rings (SSSR count). The normalized spacial score (nSPS) is 15.9. The van der Waals surface area contributed by atoms with E-state index < -0.39 is 11.1 Å². The number of aromatic nitrogens is 2. The Bertz CT molecular complexity index is 1490. The van der Waals surface area contributed by atoms with Crippen molar-refractivity contribution >= 4 is 29.4 Å². The number of nitrogens with one attached hydrogen (secondary N) is 1. The summed E-state index contributed by atoms with van der Waals surface area (Å²) in [5.41, 5.74) is 3.28. The smallest absolute Gasteiger partial charge is 0.240 e. The second-order valence-electron chi connectivity index (χ2n) is 9.44. The van der Waals surface area contributed by atoms with E-state index in [1.807, 2.05) is 50.2 Å². The summed E-state index contributed by atoms with van der Waals surface area (Å²) in [6, 6.07) is 21.5. The topological polar surface area (TPSA) is 67.2 Å². The lowest BCUT2D eigenvalue weighted by Crippen LogP contribution is -2.44. The van der Waals surface area contributed by atoms with Crippen LogP contribution in [0.3, 0.4) is 0 Å². The van der Waals surface area contributed by atoms with E-state index in [1.54, 1.807) is 22.9 Å². The van der Waals surface area contributed by atoms with E-state index in [4.69, 9.17) is 5.10 Å². The summed E-state index contributed by atoms with van der Waals surface area (Å²) in [5.74, 6) is -0.890. The Balaban J connectivity index is 1.77. The van der Waals surface area contributed by atoms with Crippen molar-refractivity contribution in [3.63, 3.8) is 0 Å². The van der Waals surface area contributed by atoms with Gasteiger partial charge >= 0.3 is 0 Å². The van der Waals surface area contributed by atoms with Gasteiger partial charge in [0.05, 0.1) is 22.4 Å². The predicted molar refractivity (Wildman–Crippen MR) is 150 cm³/mol. The number of fused-ring (bicyclic) bond motifs is 1. The molecule has 200 valence electrons. The van der Waals surface area contributed by atoms with Crippen molar-refractivity contribution < 1.29 is 18.4 Å². The molecule has 9 heteroatoms. The summed E-state index contributed by atoms with van der Waals surface area (Å²) in [4.78, 5) is 28.2. The van der Waals surface area contributed by atoms with Gasteiger partial charge in [-0.3, -0.25) is 14.5 Å². The van der Waals surface area contributed by atoms with E-state index in [9.17, 15) is 18.4 Å². The molecule has 0 bridgehead atoms. The molecule has 1 aliphatic heterocycles. The van der Waals surface area contributed by atoms with Gasteiger partial charge in [-0.15, -0.1) is 11.8 Å². The van der Waals surface area contributed by atoms with E-state index >= 15 is 0 Å². The molecule has 2 amide bonds. The van der Waals surface area contributed by atoms with Crippen molar-refractivity contribution in [2.24, 2.45) is 0 Å². The van der Waals surface area contributed by atoms with Crippen molar-refractivity contribution in [2.45, 2.75) is 31.6 Å². The Hall–Kier alpha value is -3.98. The number of rotatable bonds is 7. The highest BCUT2D eigenvalue weighted by atomic mass is 32.2. The van der Waals surface area contributed by atoms with Crippen LogP contribution in [0.1, 0.15) is 36.6 Å². The molecule has 3 aromatic carbocycles. The Morgan fingerprint density at radius 2 is 1.79 bits per heavy atom. The van der Waals surface area contributed by atoms with Crippen LogP contribution in [0.25, 0.3) is 16.9 Å². The number of thioether (sulfide) groups is 1. The molecule has 0 fully saturated rings. The molecule has 2 heterocycles.